The molecule has 1 amide bonds. The standard InChI is InChI=1S/C13H11Br2N7O/c1-19-13-17-6-10(15)20(13)2-3-22(19)12(23)9-4-11-16-5-8(14)7-21(11)18-9/h4-7H,2-3H2,1H3. The Kier molecular flexibility index (Phi) is 3.38. The summed E-state index contributed by atoms with van der Waals surface area (Å²) in [6, 6.07) is 1.68. The minimum atomic E-state index is -0.181. The molecule has 4 heterocycles. The molecule has 4 rings (SSSR count). The molecule has 0 aromatic carbocycles. The number of imidazole rings is 1. The lowest BCUT2D eigenvalue weighted by Gasteiger charge is -2.36. The summed E-state index contributed by atoms with van der Waals surface area (Å²) in [5.41, 5.74) is 0.974. The predicted molar refractivity (Wildman–Crippen MR) is 90.1 cm³/mol. The molecule has 3 aromatic heterocycles. The third kappa shape index (κ3) is 2.32. The highest BCUT2D eigenvalue weighted by Crippen LogP contribution is 2.25. The van der Waals surface area contributed by atoms with Crippen molar-refractivity contribution in [2.24, 2.45) is 0 Å². The van der Waals surface area contributed by atoms with Crippen LogP contribution >= 0.6 is 31.9 Å². The molecular formula is C13H11Br2N7O. The van der Waals surface area contributed by atoms with Gasteiger partial charge in [-0.25, -0.2) is 19.5 Å². The van der Waals surface area contributed by atoms with E-state index in [9.17, 15) is 4.79 Å². The number of hydrazine groups is 1. The summed E-state index contributed by atoms with van der Waals surface area (Å²) in [6.45, 7) is 1.21. The molecule has 0 saturated heterocycles. The Morgan fingerprint density at radius 3 is 2.87 bits per heavy atom. The Hall–Kier alpha value is -1.94. The third-order valence-electron chi connectivity index (χ3n) is 3.71. The van der Waals surface area contributed by atoms with Crippen LogP contribution in [0.5, 0.6) is 0 Å². The molecule has 8 nitrogen and oxygen atoms in total. The minimum absolute atomic E-state index is 0.181. The van der Waals surface area contributed by atoms with Gasteiger partial charge in [0.15, 0.2) is 11.3 Å². The third-order valence-corrected chi connectivity index (χ3v) is 4.75. The molecule has 10 heteroatoms. The highest BCUT2D eigenvalue weighted by Gasteiger charge is 2.29. The van der Waals surface area contributed by atoms with Gasteiger partial charge in [-0.3, -0.25) is 9.80 Å². The fraction of sp³-hybridized carbons (Fsp3) is 0.231. The molecule has 0 fully saturated rings. The van der Waals surface area contributed by atoms with Crippen LogP contribution in [0.3, 0.4) is 0 Å². The molecule has 0 atom stereocenters. The second kappa shape index (κ2) is 5.31. The van der Waals surface area contributed by atoms with E-state index in [2.05, 4.69) is 46.9 Å². The maximum atomic E-state index is 12.8. The van der Waals surface area contributed by atoms with Crippen LogP contribution in [0.2, 0.25) is 0 Å². The van der Waals surface area contributed by atoms with Crippen molar-refractivity contribution >= 4 is 49.4 Å². The van der Waals surface area contributed by atoms with Crippen molar-refractivity contribution in [2.75, 3.05) is 18.6 Å². The molecule has 0 unspecified atom stereocenters. The highest BCUT2D eigenvalue weighted by atomic mass is 79.9. The van der Waals surface area contributed by atoms with Crippen molar-refractivity contribution in [3.8, 4) is 0 Å². The van der Waals surface area contributed by atoms with Gasteiger partial charge in [0, 0.05) is 32.1 Å². The molecular weight excluding hydrogens is 430 g/mol. The SMILES string of the molecule is CN1c2ncc(Br)n2CCN1C(=O)c1cc2ncc(Br)cn2n1. The lowest BCUT2D eigenvalue weighted by molar-refractivity contribution is 0.0710. The van der Waals surface area contributed by atoms with Crippen molar-refractivity contribution < 1.29 is 4.79 Å². The topological polar surface area (TPSA) is 71.6 Å². The normalized spacial score (nSPS) is 14.4. The van der Waals surface area contributed by atoms with Gasteiger partial charge in [0.05, 0.1) is 17.2 Å². The zero-order valence-electron chi connectivity index (χ0n) is 12.0. The Balaban J connectivity index is 1.68. The van der Waals surface area contributed by atoms with Crippen molar-refractivity contribution in [2.45, 2.75) is 6.54 Å². The zero-order chi connectivity index (χ0) is 16.1. The van der Waals surface area contributed by atoms with Crippen LogP contribution in [-0.2, 0) is 6.54 Å². The van der Waals surface area contributed by atoms with E-state index in [0.717, 1.165) is 9.08 Å². The largest absolute Gasteiger partial charge is 0.302 e. The van der Waals surface area contributed by atoms with E-state index in [1.807, 2.05) is 11.6 Å². The Labute approximate surface area is 147 Å². The van der Waals surface area contributed by atoms with E-state index < -0.39 is 0 Å². The van der Waals surface area contributed by atoms with E-state index in [-0.39, 0.29) is 5.91 Å². The van der Waals surface area contributed by atoms with Gasteiger partial charge < -0.3 is 4.57 Å². The Bertz CT molecular complexity index is 918. The van der Waals surface area contributed by atoms with E-state index in [4.69, 9.17) is 0 Å². The van der Waals surface area contributed by atoms with Crippen LogP contribution in [0.4, 0.5) is 5.95 Å². The molecule has 1 aliphatic heterocycles. The molecule has 3 aromatic rings. The van der Waals surface area contributed by atoms with Crippen LogP contribution in [0.15, 0.2) is 33.7 Å². The number of hydrogen-bond acceptors (Lipinski definition) is 5. The summed E-state index contributed by atoms with van der Waals surface area (Å²) in [4.78, 5) is 21.4. The van der Waals surface area contributed by atoms with Crippen LogP contribution < -0.4 is 5.01 Å². The number of amides is 1. The monoisotopic (exact) mass is 439 g/mol. The molecule has 0 spiro atoms. The van der Waals surface area contributed by atoms with E-state index in [1.54, 1.807) is 39.2 Å². The first-order valence-electron chi connectivity index (χ1n) is 6.82. The first-order valence-corrected chi connectivity index (χ1v) is 8.40. The van der Waals surface area contributed by atoms with Crippen LogP contribution in [-0.4, -0.2) is 48.7 Å². The summed E-state index contributed by atoms with van der Waals surface area (Å²) in [5.74, 6) is 0.528. The molecule has 23 heavy (non-hydrogen) atoms. The summed E-state index contributed by atoms with van der Waals surface area (Å²) in [6.07, 6.45) is 5.17. The second-order valence-electron chi connectivity index (χ2n) is 5.09. The molecule has 0 aliphatic carbocycles. The fourth-order valence-electron chi connectivity index (χ4n) is 2.59. The maximum absolute atomic E-state index is 12.8. The first-order chi connectivity index (χ1) is 11.0. The van der Waals surface area contributed by atoms with Crippen LogP contribution in [0.1, 0.15) is 10.5 Å². The van der Waals surface area contributed by atoms with Gasteiger partial charge in [-0.15, -0.1) is 0 Å². The van der Waals surface area contributed by atoms with Gasteiger partial charge in [-0.2, -0.15) is 5.10 Å². The number of aromatic nitrogens is 5. The van der Waals surface area contributed by atoms with Gasteiger partial charge >= 0.3 is 0 Å². The van der Waals surface area contributed by atoms with Gasteiger partial charge in [0.2, 0.25) is 5.95 Å². The number of nitrogens with zero attached hydrogens (tertiary/aromatic N) is 7. The van der Waals surface area contributed by atoms with Crippen molar-refractivity contribution in [1.29, 1.82) is 0 Å². The van der Waals surface area contributed by atoms with Crippen molar-refractivity contribution in [3.05, 3.63) is 39.4 Å². The number of carbonyl (C=O) groups excluding carboxylic acids is 1. The average molecular weight is 441 g/mol. The average Bonchev–Trinajstić information content (AvgIpc) is 3.11. The minimum Gasteiger partial charge on any atom is -0.302 e. The number of carbonyl (C=O) groups is 1. The van der Waals surface area contributed by atoms with Gasteiger partial charge in [0.25, 0.3) is 5.91 Å². The maximum Gasteiger partial charge on any atom is 0.293 e. The lowest BCUT2D eigenvalue weighted by Crippen LogP contribution is -2.50. The fourth-order valence-corrected chi connectivity index (χ4v) is 3.33. The lowest BCUT2D eigenvalue weighted by atomic mass is 10.3. The number of halogens is 2. The first kappa shape index (κ1) is 14.6. The zero-order valence-corrected chi connectivity index (χ0v) is 15.2. The van der Waals surface area contributed by atoms with Gasteiger partial charge in [0.1, 0.15) is 4.60 Å². The number of rotatable bonds is 1. The molecule has 0 bridgehead atoms. The van der Waals surface area contributed by atoms with Crippen LogP contribution in [0, 0.1) is 0 Å². The molecule has 0 saturated carbocycles. The molecule has 0 N–H and O–H groups in total. The smallest absolute Gasteiger partial charge is 0.293 e. The second-order valence-corrected chi connectivity index (χ2v) is 6.82. The van der Waals surface area contributed by atoms with Gasteiger partial charge in [-0.05, 0) is 31.9 Å². The Morgan fingerprint density at radius 1 is 1.22 bits per heavy atom. The predicted octanol–water partition coefficient (Wildman–Crippen LogP) is 1.96. The number of hydrogen-bond donors (Lipinski definition) is 0. The summed E-state index contributed by atoms with van der Waals surface area (Å²) in [7, 11) is 1.81. The summed E-state index contributed by atoms with van der Waals surface area (Å²) >= 11 is 6.80. The summed E-state index contributed by atoms with van der Waals surface area (Å²) < 4.78 is 5.28. The van der Waals surface area contributed by atoms with Crippen molar-refractivity contribution in [3.63, 3.8) is 0 Å². The van der Waals surface area contributed by atoms with Gasteiger partial charge in [-0.1, -0.05) is 0 Å². The number of fused-ring (bicyclic) bond motifs is 2. The Morgan fingerprint density at radius 2 is 2.04 bits per heavy atom. The molecule has 1 aliphatic rings. The highest BCUT2D eigenvalue weighted by molar-refractivity contribution is 9.10. The quantitative estimate of drug-likeness (QED) is 0.578. The van der Waals surface area contributed by atoms with E-state index in [1.165, 1.54) is 0 Å². The van der Waals surface area contributed by atoms with E-state index in [0.29, 0.717) is 30.4 Å². The molecule has 0 radical (unpaired) electrons. The van der Waals surface area contributed by atoms with Crippen LogP contribution in [0.25, 0.3) is 5.65 Å². The molecule has 118 valence electrons. The van der Waals surface area contributed by atoms with E-state index >= 15 is 0 Å². The summed E-state index contributed by atoms with van der Waals surface area (Å²) in [5, 5.41) is 7.68. The van der Waals surface area contributed by atoms with Crippen molar-refractivity contribution in [1.82, 2.24) is 29.2 Å². The number of anilines is 1.